The number of fused-ring (bicyclic) bond motifs is 1. The van der Waals surface area contributed by atoms with Crippen molar-refractivity contribution in [3.63, 3.8) is 0 Å². The first-order valence-corrected chi connectivity index (χ1v) is 5.16. The Morgan fingerprint density at radius 2 is 2.19 bits per heavy atom. The van der Waals surface area contributed by atoms with E-state index in [9.17, 15) is 4.79 Å². The Morgan fingerprint density at radius 3 is 2.75 bits per heavy atom. The molecule has 0 aromatic carbocycles. The van der Waals surface area contributed by atoms with Crippen molar-refractivity contribution in [2.75, 3.05) is 0 Å². The quantitative estimate of drug-likeness (QED) is 0.816. The molecule has 5 nitrogen and oxygen atoms in total. The summed E-state index contributed by atoms with van der Waals surface area (Å²) in [4.78, 5) is 15.0. The summed E-state index contributed by atoms with van der Waals surface area (Å²) in [5.74, 6) is -0.863. The lowest BCUT2D eigenvalue weighted by Gasteiger charge is -2.05. The monoisotopic (exact) mass is 239 g/mol. The number of hydrogen-bond acceptors (Lipinski definition) is 3. The fraction of sp³-hybridized carbons (Fsp3) is 0.300. The van der Waals surface area contributed by atoms with Crippen molar-refractivity contribution >= 4 is 23.2 Å². The molecule has 0 aliphatic heterocycles. The van der Waals surface area contributed by atoms with E-state index in [0.29, 0.717) is 10.8 Å². The molecule has 0 bridgehead atoms. The van der Waals surface area contributed by atoms with Gasteiger partial charge in [-0.3, -0.25) is 0 Å². The molecule has 2 heterocycles. The lowest BCUT2D eigenvalue weighted by atomic mass is 10.1. The highest BCUT2D eigenvalue weighted by atomic mass is 35.5. The molecule has 2 aromatic heterocycles. The largest absolute Gasteiger partial charge is 0.476 e. The Labute approximate surface area is 96.7 Å². The maximum absolute atomic E-state index is 10.8. The molecule has 2 aromatic rings. The summed E-state index contributed by atoms with van der Waals surface area (Å²) in [6, 6.07) is 3.10. The van der Waals surface area contributed by atoms with Crippen LogP contribution in [0.3, 0.4) is 0 Å². The van der Waals surface area contributed by atoms with E-state index in [-0.39, 0.29) is 11.6 Å². The van der Waals surface area contributed by atoms with Gasteiger partial charge in [-0.05, 0) is 12.0 Å². The van der Waals surface area contributed by atoms with Crippen LogP contribution < -0.4 is 0 Å². The van der Waals surface area contributed by atoms with Crippen LogP contribution in [0.4, 0.5) is 0 Å². The van der Waals surface area contributed by atoms with Gasteiger partial charge in [0.2, 0.25) is 0 Å². The van der Waals surface area contributed by atoms with Crippen LogP contribution in [0.15, 0.2) is 12.1 Å². The van der Waals surface area contributed by atoms with Crippen molar-refractivity contribution < 1.29 is 9.90 Å². The van der Waals surface area contributed by atoms with Crippen molar-refractivity contribution in [3.05, 3.63) is 28.7 Å². The number of aromatic carboxylic acids is 1. The molecule has 0 atom stereocenters. The molecule has 84 valence electrons. The second kappa shape index (κ2) is 3.75. The average Bonchev–Trinajstić information content (AvgIpc) is 2.61. The first-order chi connectivity index (χ1) is 7.49. The van der Waals surface area contributed by atoms with Crippen LogP contribution in [0, 0.1) is 0 Å². The molecule has 0 aliphatic rings. The number of halogens is 1. The molecular weight excluding hydrogens is 230 g/mol. The molecule has 0 amide bonds. The summed E-state index contributed by atoms with van der Waals surface area (Å²) in [7, 11) is 0. The van der Waals surface area contributed by atoms with Crippen molar-refractivity contribution in [1.29, 1.82) is 0 Å². The summed E-state index contributed by atoms with van der Waals surface area (Å²) >= 11 is 5.99. The van der Waals surface area contributed by atoms with Gasteiger partial charge >= 0.3 is 5.97 Å². The lowest BCUT2D eigenvalue weighted by Crippen LogP contribution is -2.00. The van der Waals surface area contributed by atoms with E-state index in [2.05, 4.69) is 10.1 Å². The van der Waals surface area contributed by atoms with E-state index in [1.165, 1.54) is 10.6 Å². The van der Waals surface area contributed by atoms with Crippen molar-refractivity contribution in [3.8, 4) is 0 Å². The molecule has 0 saturated heterocycles. The van der Waals surface area contributed by atoms with Crippen LogP contribution in [0.5, 0.6) is 0 Å². The highest BCUT2D eigenvalue weighted by Crippen LogP contribution is 2.19. The van der Waals surface area contributed by atoms with Crippen LogP contribution in [0.1, 0.15) is 35.9 Å². The smallest absolute Gasteiger partial charge is 0.356 e. The van der Waals surface area contributed by atoms with Gasteiger partial charge in [0.05, 0.1) is 0 Å². The normalized spacial score (nSPS) is 11.2. The Hall–Kier alpha value is -1.62. The van der Waals surface area contributed by atoms with E-state index < -0.39 is 5.97 Å². The van der Waals surface area contributed by atoms with Crippen molar-refractivity contribution in [2.45, 2.75) is 19.8 Å². The zero-order valence-corrected chi connectivity index (χ0v) is 9.56. The number of carbonyl (C=O) groups is 1. The van der Waals surface area contributed by atoms with E-state index in [0.717, 1.165) is 5.69 Å². The third-order valence-electron chi connectivity index (χ3n) is 2.21. The van der Waals surface area contributed by atoms with Gasteiger partial charge in [0.15, 0.2) is 11.3 Å². The number of carboxylic acids is 1. The number of nitrogens with zero attached hydrogens (tertiary/aromatic N) is 3. The molecule has 0 unspecified atom stereocenters. The molecule has 16 heavy (non-hydrogen) atoms. The second-order valence-electron chi connectivity index (χ2n) is 3.76. The number of aromatic nitrogens is 3. The zero-order chi connectivity index (χ0) is 11.9. The molecule has 0 aliphatic carbocycles. The van der Waals surface area contributed by atoms with E-state index in [4.69, 9.17) is 16.7 Å². The van der Waals surface area contributed by atoms with Gasteiger partial charge in [-0.1, -0.05) is 25.4 Å². The topological polar surface area (TPSA) is 67.5 Å². The number of hydrogen-bond donors (Lipinski definition) is 1. The molecule has 6 heteroatoms. The van der Waals surface area contributed by atoms with Gasteiger partial charge in [0, 0.05) is 11.8 Å². The second-order valence-corrected chi connectivity index (χ2v) is 4.15. The number of carboxylic acid groups (broad SMARTS) is 1. The molecule has 0 radical (unpaired) electrons. The van der Waals surface area contributed by atoms with Crippen LogP contribution in [0.25, 0.3) is 5.65 Å². The Morgan fingerprint density at radius 1 is 1.50 bits per heavy atom. The maximum Gasteiger partial charge on any atom is 0.356 e. The Kier molecular flexibility index (Phi) is 2.55. The van der Waals surface area contributed by atoms with Gasteiger partial charge in [-0.25, -0.2) is 14.3 Å². The first-order valence-electron chi connectivity index (χ1n) is 4.78. The van der Waals surface area contributed by atoms with Crippen LogP contribution in [-0.4, -0.2) is 25.7 Å². The lowest BCUT2D eigenvalue weighted by molar-refractivity contribution is 0.0690. The zero-order valence-electron chi connectivity index (χ0n) is 8.81. The predicted molar refractivity (Wildman–Crippen MR) is 59.0 cm³/mol. The van der Waals surface area contributed by atoms with Gasteiger partial charge < -0.3 is 5.11 Å². The minimum absolute atomic E-state index is 0.0599. The number of rotatable bonds is 2. The molecule has 0 spiro atoms. The average molecular weight is 240 g/mol. The standard InChI is InChI=1S/C10H10ClN3O2/c1-5(2)6-3-8(11)14-9(12-6)4-7(13-14)10(15)16/h3-5H,1-2H3,(H,15,16). The SMILES string of the molecule is CC(C)c1cc(Cl)n2nc(C(=O)O)cc2n1. The summed E-state index contributed by atoms with van der Waals surface area (Å²) in [6.07, 6.45) is 0. The van der Waals surface area contributed by atoms with Crippen LogP contribution in [0.2, 0.25) is 5.15 Å². The molecule has 0 saturated carbocycles. The van der Waals surface area contributed by atoms with E-state index in [1.807, 2.05) is 13.8 Å². The van der Waals surface area contributed by atoms with Gasteiger partial charge in [-0.2, -0.15) is 5.10 Å². The summed E-state index contributed by atoms with van der Waals surface area (Å²) in [6.45, 7) is 3.98. The van der Waals surface area contributed by atoms with Crippen molar-refractivity contribution in [1.82, 2.24) is 14.6 Å². The van der Waals surface area contributed by atoms with E-state index in [1.54, 1.807) is 6.07 Å². The molecule has 1 N–H and O–H groups in total. The first kappa shape index (κ1) is 10.9. The molecular formula is C10H10ClN3O2. The summed E-state index contributed by atoms with van der Waals surface area (Å²) in [5, 5.41) is 13.0. The fourth-order valence-electron chi connectivity index (χ4n) is 1.36. The summed E-state index contributed by atoms with van der Waals surface area (Å²) in [5.41, 5.74) is 1.21. The maximum atomic E-state index is 10.8. The third-order valence-corrected chi connectivity index (χ3v) is 2.48. The highest BCUT2D eigenvalue weighted by molar-refractivity contribution is 6.29. The van der Waals surface area contributed by atoms with Crippen LogP contribution in [-0.2, 0) is 0 Å². The Balaban J connectivity index is 2.68. The van der Waals surface area contributed by atoms with Gasteiger partial charge in [-0.15, -0.1) is 0 Å². The fourth-order valence-corrected chi connectivity index (χ4v) is 1.59. The third kappa shape index (κ3) is 1.74. The van der Waals surface area contributed by atoms with E-state index >= 15 is 0 Å². The minimum Gasteiger partial charge on any atom is -0.476 e. The molecule has 2 rings (SSSR count). The predicted octanol–water partition coefficient (Wildman–Crippen LogP) is 2.20. The van der Waals surface area contributed by atoms with Gasteiger partial charge in [0.1, 0.15) is 5.15 Å². The summed E-state index contributed by atoms with van der Waals surface area (Å²) < 4.78 is 1.32. The van der Waals surface area contributed by atoms with Crippen LogP contribution >= 0.6 is 11.6 Å². The minimum atomic E-state index is -1.09. The van der Waals surface area contributed by atoms with Gasteiger partial charge in [0.25, 0.3) is 0 Å². The van der Waals surface area contributed by atoms with Crippen molar-refractivity contribution in [2.24, 2.45) is 0 Å². The Bertz CT molecular complexity index is 562. The highest BCUT2D eigenvalue weighted by Gasteiger charge is 2.13. The molecule has 0 fully saturated rings.